The third kappa shape index (κ3) is 5.39. The van der Waals surface area contributed by atoms with E-state index in [0.717, 1.165) is 18.5 Å². The van der Waals surface area contributed by atoms with Crippen LogP contribution in [0, 0.1) is 12.8 Å². The molecule has 0 heterocycles. The molecule has 0 saturated carbocycles. The second-order valence-corrected chi connectivity index (χ2v) is 5.62. The topological polar surface area (TPSA) is 50.4 Å². The molecule has 0 unspecified atom stereocenters. The maximum absolute atomic E-state index is 11.9. The Balaban J connectivity index is 2.55. The van der Waals surface area contributed by atoms with E-state index in [1.54, 1.807) is 13.2 Å². The van der Waals surface area contributed by atoms with Gasteiger partial charge in [-0.05, 0) is 37.4 Å². The van der Waals surface area contributed by atoms with Crippen molar-refractivity contribution in [2.75, 3.05) is 25.5 Å². The zero-order chi connectivity index (χ0) is 15.1. The normalized spacial score (nSPS) is 10.7. The number of benzene rings is 1. The van der Waals surface area contributed by atoms with E-state index >= 15 is 0 Å². The molecule has 0 aliphatic rings. The molecule has 0 aromatic heterocycles. The SMILES string of the molecule is COc1cc(Cl)c(C)cc1NC(=O)CNCCC(C)C. The third-order valence-electron chi connectivity index (χ3n) is 2.94. The lowest BCUT2D eigenvalue weighted by Crippen LogP contribution is -2.29. The molecule has 5 heteroatoms. The molecule has 0 fully saturated rings. The fourth-order valence-corrected chi connectivity index (χ4v) is 1.87. The number of aryl methyl sites for hydroxylation is 1. The number of hydrogen-bond acceptors (Lipinski definition) is 3. The van der Waals surface area contributed by atoms with Gasteiger partial charge in [-0.25, -0.2) is 0 Å². The van der Waals surface area contributed by atoms with Gasteiger partial charge in [0.15, 0.2) is 0 Å². The van der Waals surface area contributed by atoms with Crippen LogP contribution in [-0.2, 0) is 4.79 Å². The minimum absolute atomic E-state index is 0.0891. The molecule has 1 aromatic rings. The van der Waals surface area contributed by atoms with Gasteiger partial charge in [-0.2, -0.15) is 0 Å². The number of anilines is 1. The fraction of sp³-hybridized carbons (Fsp3) is 0.533. The number of nitrogens with one attached hydrogen (secondary N) is 2. The highest BCUT2D eigenvalue weighted by Gasteiger charge is 2.10. The zero-order valence-corrected chi connectivity index (χ0v) is 13.3. The molecular formula is C15H23ClN2O2. The molecule has 0 aliphatic carbocycles. The molecule has 1 aromatic carbocycles. The Morgan fingerprint density at radius 2 is 2.10 bits per heavy atom. The molecule has 112 valence electrons. The zero-order valence-electron chi connectivity index (χ0n) is 12.5. The van der Waals surface area contributed by atoms with Crippen molar-refractivity contribution in [1.29, 1.82) is 0 Å². The number of carbonyl (C=O) groups excluding carboxylic acids is 1. The molecule has 0 aliphatic heterocycles. The third-order valence-corrected chi connectivity index (χ3v) is 3.35. The van der Waals surface area contributed by atoms with Crippen molar-refractivity contribution in [2.24, 2.45) is 5.92 Å². The van der Waals surface area contributed by atoms with Crippen LogP contribution >= 0.6 is 11.6 Å². The van der Waals surface area contributed by atoms with Crippen LogP contribution in [0.4, 0.5) is 5.69 Å². The smallest absolute Gasteiger partial charge is 0.238 e. The summed E-state index contributed by atoms with van der Waals surface area (Å²) in [6, 6.07) is 3.52. The lowest BCUT2D eigenvalue weighted by Gasteiger charge is -2.13. The van der Waals surface area contributed by atoms with Gasteiger partial charge in [0.1, 0.15) is 5.75 Å². The maximum Gasteiger partial charge on any atom is 0.238 e. The average Bonchev–Trinajstić information content (AvgIpc) is 2.38. The summed E-state index contributed by atoms with van der Waals surface area (Å²) in [5.41, 5.74) is 1.54. The minimum atomic E-state index is -0.0891. The van der Waals surface area contributed by atoms with Gasteiger partial charge < -0.3 is 15.4 Å². The van der Waals surface area contributed by atoms with Gasteiger partial charge in [-0.15, -0.1) is 0 Å². The van der Waals surface area contributed by atoms with E-state index in [1.165, 1.54) is 0 Å². The highest BCUT2D eigenvalue weighted by molar-refractivity contribution is 6.31. The molecule has 0 spiro atoms. The number of halogens is 1. The van der Waals surface area contributed by atoms with Crippen LogP contribution in [0.25, 0.3) is 0 Å². The number of rotatable bonds is 7. The first-order valence-corrected chi connectivity index (χ1v) is 7.16. The summed E-state index contributed by atoms with van der Waals surface area (Å²) in [6.07, 6.45) is 1.05. The largest absolute Gasteiger partial charge is 0.495 e. The van der Waals surface area contributed by atoms with Crippen LogP contribution in [0.1, 0.15) is 25.8 Å². The lowest BCUT2D eigenvalue weighted by molar-refractivity contribution is -0.115. The molecule has 20 heavy (non-hydrogen) atoms. The Morgan fingerprint density at radius 1 is 1.40 bits per heavy atom. The lowest BCUT2D eigenvalue weighted by atomic mass is 10.1. The second-order valence-electron chi connectivity index (χ2n) is 5.21. The summed E-state index contributed by atoms with van der Waals surface area (Å²) >= 11 is 6.03. The number of carbonyl (C=O) groups is 1. The van der Waals surface area contributed by atoms with E-state index < -0.39 is 0 Å². The first kappa shape index (κ1) is 16.8. The standard InChI is InChI=1S/C15H23ClN2O2/c1-10(2)5-6-17-9-15(19)18-13-7-11(3)12(16)8-14(13)20-4/h7-8,10,17H,5-6,9H2,1-4H3,(H,18,19). The average molecular weight is 299 g/mol. The van der Waals surface area contributed by atoms with Gasteiger partial charge in [0.05, 0.1) is 19.3 Å². The van der Waals surface area contributed by atoms with Gasteiger partial charge in [-0.1, -0.05) is 25.4 Å². The van der Waals surface area contributed by atoms with Crippen molar-refractivity contribution in [1.82, 2.24) is 5.32 Å². The molecule has 0 radical (unpaired) electrons. The predicted octanol–water partition coefficient (Wildman–Crippen LogP) is 3.23. The summed E-state index contributed by atoms with van der Waals surface area (Å²) in [6.45, 7) is 7.32. The molecule has 2 N–H and O–H groups in total. The van der Waals surface area contributed by atoms with E-state index in [1.807, 2.05) is 13.0 Å². The van der Waals surface area contributed by atoms with Gasteiger partial charge in [-0.3, -0.25) is 4.79 Å². The van der Waals surface area contributed by atoms with Crippen LogP contribution in [0.5, 0.6) is 5.75 Å². The van der Waals surface area contributed by atoms with Gasteiger partial charge in [0.25, 0.3) is 0 Å². The Kier molecular flexibility index (Phi) is 6.82. The van der Waals surface area contributed by atoms with Crippen molar-refractivity contribution in [3.8, 4) is 5.75 Å². The molecule has 4 nitrogen and oxygen atoms in total. The number of methoxy groups -OCH3 is 1. The van der Waals surface area contributed by atoms with Crippen molar-refractivity contribution in [3.05, 3.63) is 22.7 Å². The summed E-state index contributed by atoms with van der Waals surface area (Å²) in [7, 11) is 1.55. The van der Waals surface area contributed by atoms with Crippen LogP contribution < -0.4 is 15.4 Å². The molecule has 0 saturated heterocycles. The monoisotopic (exact) mass is 298 g/mol. The summed E-state index contributed by atoms with van der Waals surface area (Å²) in [5.74, 6) is 1.11. The van der Waals surface area contributed by atoms with Crippen LogP contribution in [-0.4, -0.2) is 26.1 Å². The summed E-state index contributed by atoms with van der Waals surface area (Å²) in [5, 5.41) is 6.57. The van der Waals surface area contributed by atoms with Crippen LogP contribution in [0.3, 0.4) is 0 Å². The Hall–Kier alpha value is -1.26. The molecule has 0 bridgehead atoms. The van der Waals surface area contributed by atoms with E-state index in [4.69, 9.17) is 16.3 Å². The fourth-order valence-electron chi connectivity index (χ4n) is 1.72. The van der Waals surface area contributed by atoms with Gasteiger partial charge in [0.2, 0.25) is 5.91 Å². The van der Waals surface area contributed by atoms with E-state index in [-0.39, 0.29) is 12.5 Å². The highest BCUT2D eigenvalue weighted by Crippen LogP contribution is 2.30. The quantitative estimate of drug-likeness (QED) is 0.760. The van der Waals surface area contributed by atoms with Gasteiger partial charge >= 0.3 is 0 Å². The summed E-state index contributed by atoms with van der Waals surface area (Å²) < 4.78 is 5.22. The van der Waals surface area contributed by atoms with E-state index in [9.17, 15) is 4.79 Å². The molecular weight excluding hydrogens is 276 g/mol. The highest BCUT2D eigenvalue weighted by atomic mass is 35.5. The summed E-state index contributed by atoms with van der Waals surface area (Å²) in [4.78, 5) is 11.9. The number of hydrogen-bond donors (Lipinski definition) is 2. The van der Waals surface area contributed by atoms with Gasteiger partial charge in [0, 0.05) is 11.1 Å². The first-order valence-electron chi connectivity index (χ1n) is 6.78. The predicted molar refractivity (Wildman–Crippen MR) is 83.7 cm³/mol. The van der Waals surface area contributed by atoms with E-state index in [2.05, 4.69) is 24.5 Å². The molecule has 1 rings (SSSR count). The van der Waals surface area contributed by atoms with Crippen molar-refractivity contribution < 1.29 is 9.53 Å². The van der Waals surface area contributed by atoms with Crippen LogP contribution in [0.2, 0.25) is 5.02 Å². The van der Waals surface area contributed by atoms with Crippen molar-refractivity contribution >= 4 is 23.2 Å². The Bertz CT molecular complexity index is 461. The minimum Gasteiger partial charge on any atom is -0.495 e. The first-order chi connectivity index (χ1) is 9.43. The van der Waals surface area contributed by atoms with Crippen molar-refractivity contribution in [2.45, 2.75) is 27.2 Å². The molecule has 1 amide bonds. The number of ether oxygens (including phenoxy) is 1. The maximum atomic E-state index is 11.9. The Morgan fingerprint density at radius 3 is 2.70 bits per heavy atom. The van der Waals surface area contributed by atoms with Crippen LogP contribution in [0.15, 0.2) is 12.1 Å². The van der Waals surface area contributed by atoms with E-state index in [0.29, 0.717) is 22.4 Å². The molecule has 0 atom stereocenters. The van der Waals surface area contributed by atoms with Crippen molar-refractivity contribution in [3.63, 3.8) is 0 Å². The Labute approximate surface area is 125 Å². The second kappa shape index (κ2) is 8.12. The number of amides is 1.